The highest BCUT2D eigenvalue weighted by Gasteiger charge is 2.33. The van der Waals surface area contributed by atoms with Gasteiger partial charge in [-0.3, -0.25) is 4.57 Å². The van der Waals surface area contributed by atoms with Crippen LogP contribution < -0.4 is 11.1 Å². The molecule has 4 nitrogen and oxygen atoms in total. The second kappa shape index (κ2) is 5.68. The molecule has 2 unspecified atom stereocenters. The van der Waals surface area contributed by atoms with Gasteiger partial charge in [0, 0.05) is 13.1 Å². The largest absolute Gasteiger partial charge is 0.419 e. The average molecular weight is 288 g/mol. The van der Waals surface area contributed by atoms with E-state index in [2.05, 4.69) is 25.2 Å². The predicted octanol–water partition coefficient (Wildman–Crippen LogP) is 3.22. The summed E-state index contributed by atoms with van der Waals surface area (Å²) in [6.45, 7) is 5.53. The molecule has 2 aromatic rings. The Morgan fingerprint density at radius 3 is 2.86 bits per heavy atom. The van der Waals surface area contributed by atoms with Gasteiger partial charge in [-0.15, -0.1) is 0 Å². The molecule has 21 heavy (non-hydrogen) atoms. The van der Waals surface area contributed by atoms with Crippen LogP contribution in [0.4, 0.5) is 0 Å². The first-order chi connectivity index (χ1) is 10.1. The Morgan fingerprint density at radius 2 is 2.19 bits per heavy atom. The highest BCUT2D eigenvalue weighted by Crippen LogP contribution is 2.42. The minimum Gasteiger partial charge on any atom is -0.408 e. The molecular formula is C17H24N2O2. The lowest BCUT2D eigenvalue weighted by Gasteiger charge is -2.25. The standard InChI is InChI=1S/C17H24N2O2/c1-4-9-18-16(11(2)12-5-6-12)13-7-8-14-15(10-13)21-17(20)19(14)3/h7-8,10-12,16,18H,4-6,9H2,1-3H3. The molecule has 1 heterocycles. The molecule has 0 amide bonds. The van der Waals surface area contributed by atoms with E-state index in [4.69, 9.17) is 4.42 Å². The fraction of sp³-hybridized carbons (Fsp3) is 0.588. The van der Waals surface area contributed by atoms with Gasteiger partial charge in [0.15, 0.2) is 5.58 Å². The van der Waals surface area contributed by atoms with Crippen molar-refractivity contribution in [2.45, 2.75) is 39.2 Å². The van der Waals surface area contributed by atoms with Crippen LogP contribution in [0.5, 0.6) is 0 Å². The number of rotatable bonds is 6. The molecule has 1 aliphatic rings. The van der Waals surface area contributed by atoms with Crippen molar-refractivity contribution < 1.29 is 4.42 Å². The third kappa shape index (κ3) is 2.77. The van der Waals surface area contributed by atoms with Gasteiger partial charge in [0.1, 0.15) is 0 Å². The molecule has 0 aliphatic heterocycles. The van der Waals surface area contributed by atoms with Crippen LogP contribution in [0, 0.1) is 11.8 Å². The van der Waals surface area contributed by atoms with Crippen LogP contribution >= 0.6 is 0 Å². The first-order valence-corrected chi connectivity index (χ1v) is 7.94. The molecule has 1 saturated carbocycles. The van der Waals surface area contributed by atoms with Crippen LogP contribution in [-0.4, -0.2) is 11.1 Å². The van der Waals surface area contributed by atoms with E-state index in [1.165, 1.54) is 18.4 Å². The summed E-state index contributed by atoms with van der Waals surface area (Å²) in [5, 5.41) is 3.67. The Balaban J connectivity index is 1.95. The molecule has 0 bridgehead atoms. The summed E-state index contributed by atoms with van der Waals surface area (Å²) in [4.78, 5) is 11.6. The van der Waals surface area contributed by atoms with Crippen molar-refractivity contribution in [1.82, 2.24) is 9.88 Å². The molecule has 2 atom stereocenters. The number of aromatic nitrogens is 1. The number of benzene rings is 1. The number of nitrogens with zero attached hydrogens (tertiary/aromatic N) is 1. The van der Waals surface area contributed by atoms with Crippen LogP contribution in [0.15, 0.2) is 27.4 Å². The third-order valence-electron chi connectivity index (χ3n) is 4.68. The number of hydrogen-bond donors (Lipinski definition) is 1. The van der Waals surface area contributed by atoms with Crippen molar-refractivity contribution in [1.29, 1.82) is 0 Å². The van der Waals surface area contributed by atoms with Crippen molar-refractivity contribution in [2.24, 2.45) is 18.9 Å². The number of aryl methyl sites for hydroxylation is 1. The topological polar surface area (TPSA) is 47.2 Å². The first-order valence-electron chi connectivity index (χ1n) is 7.94. The van der Waals surface area contributed by atoms with Crippen LogP contribution in [0.1, 0.15) is 44.7 Å². The minimum atomic E-state index is -0.296. The first kappa shape index (κ1) is 14.4. The summed E-state index contributed by atoms with van der Waals surface area (Å²) in [5.74, 6) is 1.15. The summed E-state index contributed by atoms with van der Waals surface area (Å²) >= 11 is 0. The normalized spacial score (nSPS) is 18.0. The van der Waals surface area contributed by atoms with E-state index < -0.39 is 0 Å². The molecule has 114 valence electrons. The fourth-order valence-electron chi connectivity index (χ4n) is 3.15. The van der Waals surface area contributed by atoms with E-state index in [0.717, 1.165) is 24.4 Å². The molecule has 0 radical (unpaired) electrons. The number of fused-ring (bicyclic) bond motifs is 1. The van der Waals surface area contributed by atoms with Gasteiger partial charge in [-0.25, -0.2) is 4.79 Å². The van der Waals surface area contributed by atoms with Crippen molar-refractivity contribution in [2.75, 3.05) is 6.54 Å². The molecule has 0 saturated heterocycles. The smallest absolute Gasteiger partial charge is 0.408 e. The SMILES string of the molecule is CCCNC(c1ccc2c(c1)oc(=O)n2C)C(C)C1CC1. The molecule has 1 aromatic carbocycles. The van der Waals surface area contributed by atoms with E-state index in [1.807, 2.05) is 12.1 Å². The maximum Gasteiger partial charge on any atom is 0.419 e. The highest BCUT2D eigenvalue weighted by atomic mass is 16.4. The van der Waals surface area contributed by atoms with Crippen molar-refractivity contribution >= 4 is 11.1 Å². The van der Waals surface area contributed by atoms with E-state index >= 15 is 0 Å². The van der Waals surface area contributed by atoms with Crippen molar-refractivity contribution in [3.8, 4) is 0 Å². The lowest BCUT2D eigenvalue weighted by Crippen LogP contribution is -2.28. The van der Waals surface area contributed by atoms with Crippen molar-refractivity contribution in [3.05, 3.63) is 34.3 Å². The molecule has 4 heteroatoms. The van der Waals surface area contributed by atoms with Gasteiger partial charge < -0.3 is 9.73 Å². The minimum absolute atomic E-state index is 0.296. The Bertz CT molecular complexity index is 682. The molecular weight excluding hydrogens is 264 g/mol. The number of hydrogen-bond acceptors (Lipinski definition) is 3. The van der Waals surface area contributed by atoms with Crippen LogP contribution in [0.25, 0.3) is 11.1 Å². The van der Waals surface area contributed by atoms with Gasteiger partial charge in [0.25, 0.3) is 0 Å². The van der Waals surface area contributed by atoms with Crippen molar-refractivity contribution in [3.63, 3.8) is 0 Å². The van der Waals surface area contributed by atoms with Gasteiger partial charge >= 0.3 is 5.76 Å². The number of oxazole rings is 1. The lowest BCUT2D eigenvalue weighted by atomic mass is 9.90. The fourth-order valence-corrected chi connectivity index (χ4v) is 3.15. The summed E-state index contributed by atoms with van der Waals surface area (Å²) < 4.78 is 6.88. The molecule has 1 aromatic heterocycles. The van der Waals surface area contributed by atoms with E-state index in [1.54, 1.807) is 11.6 Å². The summed E-state index contributed by atoms with van der Waals surface area (Å²) in [7, 11) is 1.74. The van der Waals surface area contributed by atoms with Crippen LogP contribution in [0.2, 0.25) is 0 Å². The van der Waals surface area contributed by atoms with Gasteiger partial charge in [-0.2, -0.15) is 0 Å². The zero-order valence-corrected chi connectivity index (χ0v) is 13.1. The quantitative estimate of drug-likeness (QED) is 0.888. The van der Waals surface area contributed by atoms with E-state index in [0.29, 0.717) is 17.5 Å². The Labute approximate surface area is 125 Å². The predicted molar refractivity (Wildman–Crippen MR) is 84.4 cm³/mol. The third-order valence-corrected chi connectivity index (χ3v) is 4.68. The summed E-state index contributed by atoms with van der Waals surface area (Å²) in [6.07, 6.45) is 3.80. The van der Waals surface area contributed by atoms with Crippen LogP contribution in [-0.2, 0) is 7.05 Å². The molecule has 3 rings (SSSR count). The summed E-state index contributed by atoms with van der Waals surface area (Å²) in [6, 6.07) is 6.50. The van der Waals surface area contributed by atoms with E-state index in [-0.39, 0.29) is 5.76 Å². The van der Waals surface area contributed by atoms with Crippen LogP contribution in [0.3, 0.4) is 0 Å². The zero-order chi connectivity index (χ0) is 15.0. The van der Waals surface area contributed by atoms with Gasteiger partial charge in [0.2, 0.25) is 0 Å². The second-order valence-corrected chi connectivity index (χ2v) is 6.28. The van der Waals surface area contributed by atoms with Gasteiger partial charge in [0.05, 0.1) is 5.52 Å². The second-order valence-electron chi connectivity index (χ2n) is 6.28. The monoisotopic (exact) mass is 288 g/mol. The Kier molecular flexibility index (Phi) is 3.89. The Hall–Kier alpha value is -1.55. The lowest BCUT2D eigenvalue weighted by molar-refractivity contribution is 0.350. The maximum absolute atomic E-state index is 11.6. The summed E-state index contributed by atoms with van der Waals surface area (Å²) in [5.41, 5.74) is 2.77. The molecule has 1 N–H and O–H groups in total. The number of nitrogens with one attached hydrogen (secondary N) is 1. The van der Waals surface area contributed by atoms with Gasteiger partial charge in [-0.05, 0) is 55.3 Å². The Morgan fingerprint density at radius 1 is 1.43 bits per heavy atom. The molecule has 0 spiro atoms. The average Bonchev–Trinajstić information content (AvgIpc) is 3.27. The van der Waals surface area contributed by atoms with Gasteiger partial charge in [-0.1, -0.05) is 19.9 Å². The maximum atomic E-state index is 11.6. The zero-order valence-electron chi connectivity index (χ0n) is 13.1. The highest BCUT2D eigenvalue weighted by molar-refractivity contribution is 5.73. The molecule has 1 fully saturated rings. The van der Waals surface area contributed by atoms with E-state index in [9.17, 15) is 4.79 Å². The molecule has 1 aliphatic carbocycles.